The van der Waals surface area contributed by atoms with Gasteiger partial charge in [-0.25, -0.2) is 9.78 Å². The molecule has 176 valence electrons. The summed E-state index contributed by atoms with van der Waals surface area (Å²) in [6, 6.07) is 16.2. The number of carboxylic acids is 1. The second-order valence-electron chi connectivity index (χ2n) is 7.86. The molecule has 1 aliphatic rings. The molecule has 0 aliphatic heterocycles. The number of benzene rings is 2. The molecule has 0 fully saturated rings. The number of hydrogen-bond acceptors (Lipinski definition) is 6. The summed E-state index contributed by atoms with van der Waals surface area (Å²) in [6.07, 6.45) is 1.15. The van der Waals surface area contributed by atoms with Crippen molar-refractivity contribution in [1.82, 2.24) is 9.88 Å². The summed E-state index contributed by atoms with van der Waals surface area (Å²) in [5.74, 6) is -1.18. The topological polar surface area (TPSA) is 109 Å². The first-order chi connectivity index (χ1) is 16.5. The standard InChI is InChI=1S/C25H25N3O5S/c1-2-28(13-7-12-22(29)30)23(31)21-14-26-24(34-21)27-25(32)33-15-20-18-10-5-3-8-16(18)17-9-4-6-11-19(17)20/h3-6,8-11,14,20H,2,7,12-13,15H2,1H3,(H,29,30)(H,26,27,32). The molecule has 0 spiro atoms. The monoisotopic (exact) mass is 479 g/mol. The molecule has 0 unspecified atom stereocenters. The quantitative estimate of drug-likeness (QED) is 0.455. The van der Waals surface area contributed by atoms with Gasteiger partial charge in [-0.2, -0.15) is 0 Å². The maximum Gasteiger partial charge on any atom is 0.413 e. The lowest BCUT2D eigenvalue weighted by Crippen LogP contribution is -2.31. The summed E-state index contributed by atoms with van der Waals surface area (Å²) in [5, 5.41) is 11.7. The number of hydrogen-bond donors (Lipinski definition) is 2. The lowest BCUT2D eigenvalue weighted by atomic mass is 9.98. The fourth-order valence-electron chi connectivity index (χ4n) is 4.13. The number of fused-ring (bicyclic) bond motifs is 3. The van der Waals surface area contributed by atoms with Gasteiger partial charge in [0.25, 0.3) is 5.91 Å². The molecule has 0 saturated carbocycles. The minimum absolute atomic E-state index is 0.00105. The van der Waals surface area contributed by atoms with Crippen LogP contribution in [0.15, 0.2) is 54.7 Å². The molecule has 3 aromatic rings. The van der Waals surface area contributed by atoms with Crippen LogP contribution in [0.5, 0.6) is 0 Å². The highest BCUT2D eigenvalue weighted by atomic mass is 32.1. The van der Waals surface area contributed by atoms with Crippen molar-refractivity contribution < 1.29 is 24.2 Å². The van der Waals surface area contributed by atoms with E-state index in [0.717, 1.165) is 33.6 Å². The van der Waals surface area contributed by atoms with Crippen molar-refractivity contribution in [1.29, 1.82) is 0 Å². The predicted molar refractivity (Wildman–Crippen MR) is 129 cm³/mol. The van der Waals surface area contributed by atoms with Gasteiger partial charge < -0.3 is 14.7 Å². The molecular weight excluding hydrogens is 454 g/mol. The van der Waals surface area contributed by atoms with Gasteiger partial charge in [0, 0.05) is 25.4 Å². The van der Waals surface area contributed by atoms with Gasteiger partial charge in [-0.15, -0.1) is 0 Å². The summed E-state index contributed by atoms with van der Waals surface area (Å²) in [6.45, 7) is 2.81. The van der Waals surface area contributed by atoms with Crippen LogP contribution in [0.3, 0.4) is 0 Å². The lowest BCUT2D eigenvalue weighted by molar-refractivity contribution is -0.137. The van der Waals surface area contributed by atoms with E-state index in [4.69, 9.17) is 9.84 Å². The second kappa shape index (κ2) is 10.5. The number of carbonyl (C=O) groups excluding carboxylic acids is 2. The highest BCUT2D eigenvalue weighted by Gasteiger charge is 2.29. The van der Waals surface area contributed by atoms with Crippen LogP contribution >= 0.6 is 11.3 Å². The number of nitrogens with zero attached hydrogens (tertiary/aromatic N) is 2. The van der Waals surface area contributed by atoms with E-state index >= 15 is 0 Å². The molecule has 34 heavy (non-hydrogen) atoms. The molecule has 2 amide bonds. The molecule has 0 atom stereocenters. The molecule has 9 heteroatoms. The van der Waals surface area contributed by atoms with E-state index in [9.17, 15) is 14.4 Å². The largest absolute Gasteiger partial charge is 0.481 e. The van der Waals surface area contributed by atoms with Crippen LogP contribution < -0.4 is 5.32 Å². The number of carboxylic acid groups (broad SMARTS) is 1. The maximum atomic E-state index is 12.7. The molecule has 0 bridgehead atoms. The first-order valence-electron chi connectivity index (χ1n) is 11.1. The number of aliphatic carboxylic acids is 1. The van der Waals surface area contributed by atoms with Crippen LogP contribution in [0.4, 0.5) is 9.93 Å². The summed E-state index contributed by atoms with van der Waals surface area (Å²) in [7, 11) is 0. The van der Waals surface area contributed by atoms with Crippen molar-refractivity contribution in [2.45, 2.75) is 25.7 Å². The second-order valence-corrected chi connectivity index (χ2v) is 8.89. The number of ether oxygens (including phenoxy) is 1. The van der Waals surface area contributed by atoms with E-state index < -0.39 is 12.1 Å². The fourth-order valence-corrected chi connectivity index (χ4v) is 4.90. The molecule has 0 saturated heterocycles. The Bertz CT molecular complexity index is 1160. The SMILES string of the molecule is CCN(CCCC(=O)O)C(=O)c1cnc(NC(=O)OCC2c3ccccc3-c3ccccc32)s1. The first kappa shape index (κ1) is 23.4. The summed E-state index contributed by atoms with van der Waals surface area (Å²) in [5.41, 5.74) is 4.56. The first-order valence-corrected chi connectivity index (χ1v) is 11.9. The number of rotatable bonds is 9. The minimum atomic E-state index is -0.893. The number of carbonyl (C=O) groups is 3. The van der Waals surface area contributed by atoms with Gasteiger partial charge in [-0.05, 0) is 35.6 Å². The smallest absolute Gasteiger partial charge is 0.413 e. The van der Waals surface area contributed by atoms with Gasteiger partial charge in [0.1, 0.15) is 11.5 Å². The molecule has 1 aromatic heterocycles. The molecule has 2 aromatic carbocycles. The fraction of sp³-hybridized carbons (Fsp3) is 0.280. The van der Waals surface area contributed by atoms with Crippen molar-refractivity contribution in [2.24, 2.45) is 0 Å². The lowest BCUT2D eigenvalue weighted by Gasteiger charge is -2.19. The van der Waals surface area contributed by atoms with Gasteiger partial charge in [0.2, 0.25) is 0 Å². The molecule has 1 aliphatic carbocycles. The Labute approximate surface area is 201 Å². The van der Waals surface area contributed by atoms with E-state index in [1.165, 1.54) is 6.20 Å². The molecule has 0 radical (unpaired) electrons. The van der Waals surface area contributed by atoms with E-state index in [2.05, 4.69) is 34.6 Å². The third kappa shape index (κ3) is 5.09. The number of thiazole rings is 1. The molecule has 4 rings (SSSR count). The van der Waals surface area contributed by atoms with Crippen molar-refractivity contribution in [2.75, 3.05) is 25.0 Å². The third-order valence-electron chi connectivity index (χ3n) is 5.76. The van der Waals surface area contributed by atoms with E-state index in [1.807, 2.05) is 31.2 Å². The Kier molecular flexibility index (Phi) is 7.22. The van der Waals surface area contributed by atoms with Crippen molar-refractivity contribution >= 4 is 34.4 Å². The van der Waals surface area contributed by atoms with Gasteiger partial charge in [-0.1, -0.05) is 59.9 Å². The Morgan fingerprint density at radius 1 is 1.09 bits per heavy atom. The van der Waals surface area contributed by atoms with Gasteiger partial charge in [-0.3, -0.25) is 14.9 Å². The van der Waals surface area contributed by atoms with E-state index in [-0.39, 0.29) is 30.0 Å². The average Bonchev–Trinajstić information content (AvgIpc) is 3.42. The summed E-state index contributed by atoms with van der Waals surface area (Å²) < 4.78 is 5.52. The van der Waals surface area contributed by atoms with E-state index in [1.54, 1.807) is 4.90 Å². The Balaban J connectivity index is 1.35. The van der Waals surface area contributed by atoms with Gasteiger partial charge in [0.15, 0.2) is 5.13 Å². The Hall–Kier alpha value is -3.72. The van der Waals surface area contributed by atoms with Gasteiger partial charge >= 0.3 is 12.1 Å². The zero-order valence-electron chi connectivity index (χ0n) is 18.7. The van der Waals surface area contributed by atoms with Crippen molar-refractivity contribution in [3.63, 3.8) is 0 Å². The molecule has 8 nitrogen and oxygen atoms in total. The average molecular weight is 480 g/mol. The van der Waals surface area contributed by atoms with Crippen LogP contribution in [0.1, 0.15) is 46.5 Å². The van der Waals surface area contributed by atoms with Crippen LogP contribution in [0.2, 0.25) is 0 Å². The maximum absolute atomic E-state index is 12.7. The third-order valence-corrected chi connectivity index (χ3v) is 6.66. The van der Waals surface area contributed by atoms with Crippen LogP contribution in [-0.2, 0) is 9.53 Å². The van der Waals surface area contributed by atoms with Crippen molar-refractivity contribution in [3.05, 3.63) is 70.7 Å². The number of aromatic nitrogens is 1. The summed E-state index contributed by atoms with van der Waals surface area (Å²) >= 11 is 1.06. The van der Waals surface area contributed by atoms with Crippen molar-refractivity contribution in [3.8, 4) is 11.1 Å². The molecular formula is C25H25N3O5S. The van der Waals surface area contributed by atoms with Gasteiger partial charge in [0.05, 0.1) is 6.20 Å². The van der Waals surface area contributed by atoms with Crippen LogP contribution in [0.25, 0.3) is 11.1 Å². The Morgan fingerprint density at radius 3 is 2.35 bits per heavy atom. The number of anilines is 1. The highest BCUT2D eigenvalue weighted by Crippen LogP contribution is 2.44. The minimum Gasteiger partial charge on any atom is -0.481 e. The number of nitrogens with one attached hydrogen (secondary N) is 1. The molecule has 2 N–H and O–H groups in total. The number of amides is 2. The predicted octanol–water partition coefficient (Wildman–Crippen LogP) is 4.83. The highest BCUT2D eigenvalue weighted by molar-refractivity contribution is 7.17. The normalized spacial score (nSPS) is 12.0. The van der Waals surface area contributed by atoms with Crippen LogP contribution in [0, 0.1) is 0 Å². The molecule has 1 heterocycles. The summed E-state index contributed by atoms with van der Waals surface area (Å²) in [4.78, 5) is 41.9. The zero-order chi connectivity index (χ0) is 24.1. The van der Waals surface area contributed by atoms with E-state index in [0.29, 0.717) is 24.4 Å². The van der Waals surface area contributed by atoms with Crippen LogP contribution in [-0.4, -0.2) is 52.7 Å². The Morgan fingerprint density at radius 2 is 1.74 bits per heavy atom. The zero-order valence-corrected chi connectivity index (χ0v) is 19.5.